The summed E-state index contributed by atoms with van der Waals surface area (Å²) >= 11 is 0. The average Bonchev–Trinajstić information content (AvgIpc) is 1.52. The zero-order valence-electron chi connectivity index (χ0n) is 46.7. The van der Waals surface area contributed by atoms with Crippen LogP contribution in [0.1, 0.15) is 55.6 Å². The molecule has 0 amide bonds. The summed E-state index contributed by atoms with van der Waals surface area (Å²) < 4.78 is 123. The van der Waals surface area contributed by atoms with Crippen LogP contribution in [0.2, 0.25) is 0 Å². The first-order valence-corrected chi connectivity index (χ1v) is 28.4. The van der Waals surface area contributed by atoms with Gasteiger partial charge in [0.05, 0.1) is 10.8 Å². The molecule has 0 fully saturated rings. The molecule has 2 aliphatic rings. The molecule has 10 heteroatoms. The highest BCUT2D eigenvalue weighted by Crippen LogP contribution is 2.60. The largest absolute Gasteiger partial charge is 0.310 e. The molecule has 0 saturated heterocycles. The van der Waals surface area contributed by atoms with Gasteiger partial charge >= 0.3 is 0 Å². The first kappa shape index (κ1) is 55.1. The molecule has 12 aromatic rings. The Morgan fingerprint density at radius 2 is 0.602 bits per heavy atom. The van der Waals surface area contributed by atoms with Gasteiger partial charge in [-0.3, -0.25) is 0 Å². The number of benzene rings is 12. The third-order valence-electron chi connectivity index (χ3n) is 17.3. The topological polar surface area (TPSA) is 6.48 Å². The maximum Gasteiger partial charge on any atom is 0.194 e. The summed E-state index contributed by atoms with van der Waals surface area (Å²) in [5, 5.41) is 0. The number of halogens is 8. The smallest absolute Gasteiger partial charge is 0.194 e. The zero-order chi connectivity index (χ0) is 60.6. The van der Waals surface area contributed by atoms with Crippen LogP contribution in [0.5, 0.6) is 0 Å². The molecule has 2 unspecified atom stereocenters. The summed E-state index contributed by atoms with van der Waals surface area (Å²) in [5.74, 6) is -9.44. The fourth-order valence-electron chi connectivity index (χ4n) is 13.4. The summed E-state index contributed by atoms with van der Waals surface area (Å²) in [6.45, 7) is 7.84. The Morgan fingerprint density at radius 1 is 0.273 bits per heavy atom. The first-order valence-electron chi connectivity index (χ1n) is 28.4. The van der Waals surface area contributed by atoms with Crippen LogP contribution in [0, 0.1) is 46.5 Å². The van der Waals surface area contributed by atoms with E-state index in [2.05, 4.69) is 13.2 Å². The van der Waals surface area contributed by atoms with Crippen molar-refractivity contribution >= 4 is 46.3 Å². The second kappa shape index (κ2) is 21.6. The third-order valence-corrected chi connectivity index (χ3v) is 17.3. The number of fused-ring (bicyclic) bond motifs is 6. The fourth-order valence-corrected chi connectivity index (χ4v) is 13.4. The van der Waals surface area contributed by atoms with E-state index in [-0.39, 0.29) is 11.1 Å². The number of anilines is 6. The van der Waals surface area contributed by atoms with Crippen LogP contribution in [-0.2, 0) is 10.8 Å². The van der Waals surface area contributed by atoms with Crippen LogP contribution in [-0.4, -0.2) is 0 Å². The van der Waals surface area contributed by atoms with Gasteiger partial charge in [-0.2, -0.15) is 0 Å². The van der Waals surface area contributed by atoms with Crippen molar-refractivity contribution in [2.45, 2.75) is 10.8 Å². The molecule has 0 aliphatic heterocycles. The molecule has 14 rings (SSSR count). The van der Waals surface area contributed by atoms with Gasteiger partial charge in [0.1, 0.15) is 11.6 Å². The van der Waals surface area contributed by atoms with Gasteiger partial charge in [-0.05, 0) is 198 Å². The molecular formula is C78H48F8N2. The molecule has 0 N–H and O–H groups in total. The van der Waals surface area contributed by atoms with Crippen molar-refractivity contribution in [2.75, 3.05) is 9.80 Å². The van der Waals surface area contributed by atoms with Gasteiger partial charge in [0.15, 0.2) is 34.9 Å². The van der Waals surface area contributed by atoms with Crippen LogP contribution in [0.15, 0.2) is 268 Å². The van der Waals surface area contributed by atoms with E-state index in [9.17, 15) is 8.78 Å². The maximum atomic E-state index is 15.6. The maximum absolute atomic E-state index is 15.6. The molecule has 88 heavy (non-hydrogen) atoms. The number of rotatable bonds is 13. The first-order chi connectivity index (χ1) is 42.8. The van der Waals surface area contributed by atoms with Gasteiger partial charge < -0.3 is 9.80 Å². The Kier molecular flexibility index (Phi) is 13.5. The van der Waals surface area contributed by atoms with E-state index in [1.54, 1.807) is 36.4 Å². The minimum atomic E-state index is -1.58. The summed E-state index contributed by atoms with van der Waals surface area (Å²) in [4.78, 5) is 3.80. The van der Waals surface area contributed by atoms with Crippen molar-refractivity contribution in [2.24, 2.45) is 0 Å². The summed E-state index contributed by atoms with van der Waals surface area (Å²) in [5.41, 5.74) is 11.7. The van der Waals surface area contributed by atoms with E-state index in [1.165, 1.54) is 24.3 Å². The SMILES string of the molecule is C=Cc1ccc(C2(c3cc(F)c(F)c(F)c3)c3ccccc3-c3ccc(N(c4ccc(-c5ccc(N(c6cccc(F)c6)c6ccc7c(c6)C(c6ccc(C=C)cc6)(c6cc(F)c(F)c(F)c6)c6ccccc6-7)cc5)cc4)c4cccc(F)c4)cc32)cc1. The number of hydrogen-bond acceptors (Lipinski definition) is 2. The summed E-state index contributed by atoms with van der Waals surface area (Å²) in [6, 6.07) is 73.9. The van der Waals surface area contributed by atoms with Crippen LogP contribution in [0.3, 0.4) is 0 Å². The van der Waals surface area contributed by atoms with Crippen LogP contribution < -0.4 is 9.80 Å². The highest BCUT2D eigenvalue weighted by Gasteiger charge is 2.49. The molecule has 12 aromatic carbocycles. The second-order valence-corrected chi connectivity index (χ2v) is 21.9. The van der Waals surface area contributed by atoms with Crippen molar-refractivity contribution in [1.82, 2.24) is 0 Å². The lowest BCUT2D eigenvalue weighted by molar-refractivity contribution is 0.443. The number of nitrogens with zero attached hydrogens (tertiary/aromatic N) is 2. The molecule has 0 aromatic heterocycles. The van der Waals surface area contributed by atoms with E-state index >= 15 is 26.3 Å². The molecule has 0 radical (unpaired) electrons. The van der Waals surface area contributed by atoms with E-state index in [0.29, 0.717) is 56.4 Å². The highest BCUT2D eigenvalue weighted by atomic mass is 19.2. The Labute approximate surface area is 503 Å². The van der Waals surface area contributed by atoms with Gasteiger partial charge in [0.25, 0.3) is 0 Å². The minimum absolute atomic E-state index is 0.175. The third kappa shape index (κ3) is 8.77. The molecule has 2 nitrogen and oxygen atoms in total. The lowest BCUT2D eigenvalue weighted by atomic mass is 9.67. The Bertz CT molecular complexity index is 4420. The normalized spacial score (nSPS) is 15.2. The molecule has 0 saturated carbocycles. The van der Waals surface area contributed by atoms with E-state index in [4.69, 9.17) is 0 Å². The molecule has 0 bridgehead atoms. The number of hydrogen-bond donors (Lipinski definition) is 0. The Morgan fingerprint density at radius 3 is 0.955 bits per heavy atom. The van der Waals surface area contributed by atoms with Crippen molar-refractivity contribution in [3.8, 4) is 33.4 Å². The van der Waals surface area contributed by atoms with Crippen LogP contribution in [0.25, 0.3) is 45.5 Å². The van der Waals surface area contributed by atoms with Crippen LogP contribution >= 0.6 is 0 Å². The lowest BCUT2D eigenvalue weighted by Crippen LogP contribution is -2.29. The monoisotopic (exact) mass is 1160 g/mol. The average molecular weight is 1170 g/mol. The van der Waals surface area contributed by atoms with Gasteiger partial charge in [-0.1, -0.05) is 171 Å². The second-order valence-electron chi connectivity index (χ2n) is 21.9. The molecule has 2 atom stereocenters. The predicted octanol–water partition coefficient (Wildman–Crippen LogP) is 21.4. The van der Waals surface area contributed by atoms with Gasteiger partial charge in [0.2, 0.25) is 0 Å². The van der Waals surface area contributed by atoms with Crippen molar-refractivity contribution in [3.63, 3.8) is 0 Å². The van der Waals surface area contributed by atoms with Gasteiger partial charge in [0, 0.05) is 34.1 Å². The molecular weight excluding hydrogens is 1120 g/mol. The zero-order valence-corrected chi connectivity index (χ0v) is 46.7. The molecule has 426 valence electrons. The van der Waals surface area contributed by atoms with Crippen LogP contribution in [0.4, 0.5) is 69.2 Å². The Balaban J connectivity index is 0.872. The van der Waals surface area contributed by atoms with Crippen molar-refractivity contribution in [3.05, 3.63) is 370 Å². The van der Waals surface area contributed by atoms with E-state index in [0.717, 1.165) is 79.9 Å². The molecule has 2 aliphatic carbocycles. The van der Waals surface area contributed by atoms with E-state index < -0.39 is 57.4 Å². The van der Waals surface area contributed by atoms with Crippen molar-refractivity contribution in [1.29, 1.82) is 0 Å². The van der Waals surface area contributed by atoms with Crippen molar-refractivity contribution < 1.29 is 35.1 Å². The lowest BCUT2D eigenvalue weighted by Gasteiger charge is -2.35. The quantitative estimate of drug-likeness (QED) is 0.0839. The molecule has 0 heterocycles. The Hall–Kier alpha value is -10.8. The predicted molar refractivity (Wildman–Crippen MR) is 336 cm³/mol. The summed E-state index contributed by atoms with van der Waals surface area (Å²) in [7, 11) is 0. The van der Waals surface area contributed by atoms with E-state index in [1.807, 2.05) is 192 Å². The molecule has 0 spiro atoms. The standard InChI is InChI=1S/C78H48F8N2/c1-3-47-19-27-51(28-20-47)77(53-39-71(81)75(85)72(82)40-53)67-17-7-5-15-63(67)65-37-35-61(45-69(65)77)87(59-13-9-11-55(79)43-59)57-31-23-49(24-32-57)50-25-33-58(34-26-50)88(60-14-10-12-56(80)44-60)62-36-38-66-64-16-6-8-18-68(64)78(70(66)46-62,52-29-21-48(4-2)22-30-52)54-41-73(83)76(86)74(84)42-54/h3-46H,1-2H2. The van der Waals surface area contributed by atoms with Gasteiger partial charge in [-0.15, -0.1) is 0 Å². The highest BCUT2D eigenvalue weighted by molar-refractivity contribution is 5.92. The fraction of sp³-hybridized carbons (Fsp3) is 0.0256. The van der Waals surface area contributed by atoms with Gasteiger partial charge in [-0.25, -0.2) is 35.1 Å². The summed E-state index contributed by atoms with van der Waals surface area (Å²) in [6.07, 6.45) is 3.40. The minimum Gasteiger partial charge on any atom is -0.310 e.